The number of nitrogens with zero attached hydrogens (tertiary/aromatic N) is 2. The van der Waals surface area contributed by atoms with E-state index in [1.807, 2.05) is 0 Å². The van der Waals surface area contributed by atoms with Crippen molar-refractivity contribution >= 4 is 28.2 Å². The molecular weight excluding hydrogens is 248 g/mol. The van der Waals surface area contributed by atoms with Crippen molar-refractivity contribution < 1.29 is 9.72 Å². The van der Waals surface area contributed by atoms with Gasteiger partial charge in [0.1, 0.15) is 5.69 Å². The SMILES string of the molecule is CNC(=O)CNc1ccc2ncccc2c1[N+](=O)[O-]. The van der Waals surface area contributed by atoms with Gasteiger partial charge in [0.25, 0.3) is 0 Å². The molecule has 0 saturated carbocycles. The predicted octanol–water partition coefficient (Wildman–Crippen LogP) is 1.30. The molecule has 0 saturated heterocycles. The highest BCUT2D eigenvalue weighted by atomic mass is 16.6. The van der Waals surface area contributed by atoms with E-state index in [0.29, 0.717) is 16.6 Å². The maximum absolute atomic E-state index is 11.2. The lowest BCUT2D eigenvalue weighted by Gasteiger charge is -2.08. The molecule has 2 rings (SSSR count). The highest BCUT2D eigenvalue weighted by molar-refractivity contribution is 5.95. The zero-order valence-electron chi connectivity index (χ0n) is 10.2. The van der Waals surface area contributed by atoms with Crippen molar-refractivity contribution in [2.24, 2.45) is 0 Å². The average molecular weight is 260 g/mol. The first-order chi connectivity index (χ1) is 9.13. The van der Waals surface area contributed by atoms with Gasteiger partial charge in [-0.2, -0.15) is 0 Å². The second kappa shape index (κ2) is 5.30. The largest absolute Gasteiger partial charge is 0.371 e. The third-order valence-corrected chi connectivity index (χ3v) is 2.66. The number of nitro groups is 1. The number of fused-ring (bicyclic) bond motifs is 1. The smallest absolute Gasteiger partial charge is 0.301 e. The number of anilines is 1. The third kappa shape index (κ3) is 2.59. The van der Waals surface area contributed by atoms with Crippen LogP contribution < -0.4 is 10.6 Å². The molecule has 7 nitrogen and oxygen atoms in total. The van der Waals surface area contributed by atoms with Crippen LogP contribution in [0.15, 0.2) is 30.5 Å². The van der Waals surface area contributed by atoms with Gasteiger partial charge in [0.2, 0.25) is 5.91 Å². The molecule has 0 aliphatic heterocycles. The number of hydrogen-bond donors (Lipinski definition) is 2. The van der Waals surface area contributed by atoms with Gasteiger partial charge in [-0.25, -0.2) is 0 Å². The fourth-order valence-corrected chi connectivity index (χ4v) is 1.74. The highest BCUT2D eigenvalue weighted by Gasteiger charge is 2.18. The number of likely N-dealkylation sites (N-methyl/N-ethyl adjacent to an activating group) is 1. The van der Waals surface area contributed by atoms with Crippen molar-refractivity contribution in [2.45, 2.75) is 0 Å². The summed E-state index contributed by atoms with van der Waals surface area (Å²) in [6.45, 7) is -0.0247. The Morgan fingerprint density at radius 1 is 1.42 bits per heavy atom. The van der Waals surface area contributed by atoms with Gasteiger partial charge in [-0.3, -0.25) is 19.9 Å². The van der Waals surface area contributed by atoms with Crippen LogP contribution in [-0.4, -0.2) is 29.4 Å². The first-order valence-electron chi connectivity index (χ1n) is 5.60. The van der Waals surface area contributed by atoms with Gasteiger partial charge >= 0.3 is 5.69 Å². The number of hydrogen-bond acceptors (Lipinski definition) is 5. The Kier molecular flexibility index (Phi) is 3.56. The van der Waals surface area contributed by atoms with Crippen molar-refractivity contribution in [1.82, 2.24) is 10.3 Å². The minimum absolute atomic E-state index is 0.0247. The Labute approximate surface area is 108 Å². The van der Waals surface area contributed by atoms with Gasteiger partial charge in [0.15, 0.2) is 0 Å². The number of amides is 1. The van der Waals surface area contributed by atoms with Crippen molar-refractivity contribution in [2.75, 3.05) is 18.9 Å². The second-order valence-electron chi connectivity index (χ2n) is 3.82. The lowest BCUT2D eigenvalue weighted by molar-refractivity contribution is -0.382. The zero-order chi connectivity index (χ0) is 13.8. The minimum atomic E-state index is -0.476. The number of aromatic nitrogens is 1. The monoisotopic (exact) mass is 260 g/mol. The molecule has 19 heavy (non-hydrogen) atoms. The molecule has 0 spiro atoms. The number of nitrogens with one attached hydrogen (secondary N) is 2. The van der Waals surface area contributed by atoms with Crippen LogP contribution in [0.4, 0.5) is 11.4 Å². The van der Waals surface area contributed by atoms with Crippen molar-refractivity contribution in [3.8, 4) is 0 Å². The van der Waals surface area contributed by atoms with E-state index in [0.717, 1.165) is 0 Å². The summed E-state index contributed by atoms with van der Waals surface area (Å²) < 4.78 is 0. The summed E-state index contributed by atoms with van der Waals surface area (Å²) in [7, 11) is 1.50. The molecule has 0 radical (unpaired) electrons. The Balaban J connectivity index is 2.46. The molecule has 1 heterocycles. The molecule has 0 bridgehead atoms. The summed E-state index contributed by atoms with van der Waals surface area (Å²) in [4.78, 5) is 26.0. The van der Waals surface area contributed by atoms with Gasteiger partial charge in [0.05, 0.1) is 22.4 Å². The van der Waals surface area contributed by atoms with Crippen LogP contribution in [-0.2, 0) is 4.79 Å². The molecule has 1 amide bonds. The second-order valence-corrected chi connectivity index (χ2v) is 3.82. The maximum atomic E-state index is 11.2. The van der Waals surface area contributed by atoms with E-state index in [4.69, 9.17) is 0 Å². The van der Waals surface area contributed by atoms with Gasteiger partial charge < -0.3 is 10.6 Å². The number of carbonyl (C=O) groups is 1. The lowest BCUT2D eigenvalue weighted by Crippen LogP contribution is -2.26. The van der Waals surface area contributed by atoms with Crippen LogP contribution in [0, 0.1) is 10.1 Å². The molecule has 98 valence electrons. The quantitative estimate of drug-likeness (QED) is 0.638. The van der Waals surface area contributed by atoms with Gasteiger partial charge in [-0.1, -0.05) is 0 Å². The normalized spacial score (nSPS) is 10.2. The first-order valence-corrected chi connectivity index (χ1v) is 5.60. The van der Waals surface area contributed by atoms with E-state index < -0.39 is 4.92 Å². The Morgan fingerprint density at radius 2 is 2.21 bits per heavy atom. The fraction of sp³-hybridized carbons (Fsp3) is 0.167. The number of carbonyl (C=O) groups excluding carboxylic acids is 1. The number of pyridine rings is 1. The molecule has 2 aromatic rings. The molecule has 0 aliphatic carbocycles. The van der Waals surface area contributed by atoms with E-state index in [2.05, 4.69) is 15.6 Å². The van der Waals surface area contributed by atoms with Gasteiger partial charge in [-0.15, -0.1) is 0 Å². The Morgan fingerprint density at radius 3 is 2.89 bits per heavy atom. The van der Waals surface area contributed by atoms with Crippen LogP contribution in [0.2, 0.25) is 0 Å². The summed E-state index contributed by atoms with van der Waals surface area (Å²) in [6.07, 6.45) is 1.57. The van der Waals surface area contributed by atoms with E-state index in [1.54, 1.807) is 30.5 Å². The van der Waals surface area contributed by atoms with Crippen molar-refractivity contribution in [3.63, 3.8) is 0 Å². The van der Waals surface area contributed by atoms with Gasteiger partial charge in [-0.05, 0) is 24.3 Å². The van der Waals surface area contributed by atoms with E-state index >= 15 is 0 Å². The molecule has 0 unspecified atom stereocenters. The molecule has 1 aromatic carbocycles. The number of nitro benzene ring substituents is 1. The minimum Gasteiger partial charge on any atom is -0.371 e. The predicted molar refractivity (Wildman–Crippen MR) is 71.0 cm³/mol. The van der Waals surface area contributed by atoms with Crippen LogP contribution in [0.1, 0.15) is 0 Å². The van der Waals surface area contributed by atoms with E-state index in [9.17, 15) is 14.9 Å². The van der Waals surface area contributed by atoms with Crippen molar-refractivity contribution in [1.29, 1.82) is 0 Å². The molecule has 7 heteroatoms. The summed E-state index contributed by atoms with van der Waals surface area (Å²) in [5.41, 5.74) is 0.767. The summed E-state index contributed by atoms with van der Waals surface area (Å²) in [5, 5.41) is 16.8. The van der Waals surface area contributed by atoms with Crippen LogP contribution in [0.3, 0.4) is 0 Å². The molecule has 0 atom stereocenters. The topological polar surface area (TPSA) is 97.2 Å². The summed E-state index contributed by atoms with van der Waals surface area (Å²) in [6, 6.07) is 6.49. The standard InChI is InChI=1S/C12H12N4O3/c1-13-11(17)7-15-10-5-4-9-8(3-2-6-14-9)12(10)16(18)19/h2-6,15H,7H2,1H3,(H,13,17). The highest BCUT2D eigenvalue weighted by Crippen LogP contribution is 2.32. The lowest BCUT2D eigenvalue weighted by atomic mass is 10.1. The summed E-state index contributed by atoms with van der Waals surface area (Å²) in [5.74, 6) is -0.249. The zero-order valence-corrected chi connectivity index (χ0v) is 10.2. The van der Waals surface area contributed by atoms with Crippen LogP contribution in [0.25, 0.3) is 10.9 Å². The number of rotatable bonds is 4. The fourth-order valence-electron chi connectivity index (χ4n) is 1.74. The van der Waals surface area contributed by atoms with Crippen molar-refractivity contribution in [3.05, 3.63) is 40.6 Å². The number of benzene rings is 1. The molecule has 0 fully saturated rings. The molecule has 2 N–H and O–H groups in total. The Hall–Kier alpha value is -2.70. The van der Waals surface area contributed by atoms with E-state index in [1.165, 1.54) is 7.05 Å². The molecule has 1 aromatic heterocycles. The molecule has 0 aliphatic rings. The average Bonchev–Trinajstić information content (AvgIpc) is 2.43. The van der Waals surface area contributed by atoms with Crippen LogP contribution >= 0.6 is 0 Å². The van der Waals surface area contributed by atoms with Crippen LogP contribution in [0.5, 0.6) is 0 Å². The summed E-state index contributed by atoms with van der Waals surface area (Å²) >= 11 is 0. The first kappa shape index (κ1) is 12.7. The Bertz CT molecular complexity index is 642. The van der Waals surface area contributed by atoms with Gasteiger partial charge in [0, 0.05) is 13.2 Å². The maximum Gasteiger partial charge on any atom is 0.301 e. The van der Waals surface area contributed by atoms with E-state index in [-0.39, 0.29) is 18.1 Å². The third-order valence-electron chi connectivity index (χ3n) is 2.66. The molecular formula is C12H12N4O3.